The Bertz CT molecular complexity index is 547. The van der Waals surface area contributed by atoms with E-state index >= 15 is 0 Å². The molecule has 0 aliphatic carbocycles. The molecular formula is C12H19ClN2O3S. The van der Waals surface area contributed by atoms with Gasteiger partial charge >= 0.3 is 0 Å². The van der Waals surface area contributed by atoms with E-state index in [9.17, 15) is 13.2 Å². The van der Waals surface area contributed by atoms with E-state index < -0.39 is 9.05 Å². The van der Waals surface area contributed by atoms with Crippen LogP contribution in [0.2, 0.25) is 0 Å². The van der Waals surface area contributed by atoms with Gasteiger partial charge in [-0.1, -0.05) is 26.7 Å². The molecule has 108 valence electrons. The summed E-state index contributed by atoms with van der Waals surface area (Å²) in [6.45, 7) is 4.72. The maximum Gasteiger partial charge on any atom is 0.267 e. The number of rotatable bonds is 6. The first-order valence-electron chi connectivity index (χ1n) is 6.18. The smallest absolute Gasteiger partial charge is 0.267 e. The number of amides is 1. The zero-order chi connectivity index (χ0) is 14.6. The highest BCUT2D eigenvalue weighted by atomic mass is 35.7. The van der Waals surface area contributed by atoms with Crippen molar-refractivity contribution in [1.82, 2.24) is 9.88 Å². The second kappa shape index (κ2) is 6.43. The second-order valence-electron chi connectivity index (χ2n) is 4.50. The van der Waals surface area contributed by atoms with Crippen molar-refractivity contribution in [3.8, 4) is 0 Å². The molecular weight excluding hydrogens is 288 g/mol. The predicted octanol–water partition coefficient (Wildman–Crippen LogP) is 2.12. The zero-order valence-electron chi connectivity index (χ0n) is 11.3. The van der Waals surface area contributed by atoms with Crippen molar-refractivity contribution in [3.63, 3.8) is 0 Å². The minimum Gasteiger partial charge on any atom is -0.350 e. The monoisotopic (exact) mass is 306 g/mol. The lowest BCUT2D eigenvalue weighted by molar-refractivity contribution is 0.0938. The minimum atomic E-state index is -3.81. The first-order chi connectivity index (χ1) is 8.79. The van der Waals surface area contributed by atoms with Gasteiger partial charge < -0.3 is 9.88 Å². The minimum absolute atomic E-state index is 0.0654. The molecule has 1 aromatic heterocycles. The third-order valence-corrected chi connectivity index (χ3v) is 4.52. The van der Waals surface area contributed by atoms with E-state index in [1.54, 1.807) is 7.05 Å². The molecule has 5 nitrogen and oxygen atoms in total. The van der Waals surface area contributed by atoms with Gasteiger partial charge in [-0.05, 0) is 12.0 Å². The summed E-state index contributed by atoms with van der Waals surface area (Å²) >= 11 is 0. The Labute approximate surface area is 118 Å². The van der Waals surface area contributed by atoms with Crippen molar-refractivity contribution in [3.05, 3.63) is 18.0 Å². The van der Waals surface area contributed by atoms with Gasteiger partial charge in [-0.2, -0.15) is 0 Å². The topological polar surface area (TPSA) is 68.2 Å². The summed E-state index contributed by atoms with van der Waals surface area (Å²) in [6.07, 6.45) is 3.31. The summed E-state index contributed by atoms with van der Waals surface area (Å²) in [5, 5.41) is 2.81. The van der Waals surface area contributed by atoms with Crippen molar-refractivity contribution < 1.29 is 13.2 Å². The van der Waals surface area contributed by atoms with E-state index in [4.69, 9.17) is 10.7 Å². The molecule has 1 N–H and O–H groups in total. The molecule has 19 heavy (non-hydrogen) atoms. The van der Waals surface area contributed by atoms with Gasteiger partial charge in [0.25, 0.3) is 15.0 Å². The molecule has 1 heterocycles. The average molecular weight is 307 g/mol. The fourth-order valence-electron chi connectivity index (χ4n) is 1.80. The molecule has 0 radical (unpaired) electrons. The van der Waals surface area contributed by atoms with Crippen LogP contribution in [0.3, 0.4) is 0 Å². The van der Waals surface area contributed by atoms with Crippen LogP contribution >= 0.6 is 10.7 Å². The fourth-order valence-corrected chi connectivity index (χ4v) is 2.59. The number of aromatic nitrogens is 1. The SMILES string of the molecule is CCC(CC)CNC(=O)c1cc(S(=O)(=O)Cl)cn1C. The molecule has 0 bridgehead atoms. The number of carbonyl (C=O) groups is 1. The molecule has 0 saturated heterocycles. The van der Waals surface area contributed by atoms with Gasteiger partial charge in [0, 0.05) is 30.5 Å². The van der Waals surface area contributed by atoms with Gasteiger partial charge in [-0.3, -0.25) is 4.79 Å². The Hall–Kier alpha value is -1.01. The first kappa shape index (κ1) is 16.0. The van der Waals surface area contributed by atoms with Crippen LogP contribution in [0.25, 0.3) is 0 Å². The van der Waals surface area contributed by atoms with Crippen molar-refractivity contribution >= 4 is 25.6 Å². The van der Waals surface area contributed by atoms with Crippen LogP contribution in [0.5, 0.6) is 0 Å². The lowest BCUT2D eigenvalue weighted by Gasteiger charge is -2.13. The average Bonchev–Trinajstić information content (AvgIpc) is 2.72. The van der Waals surface area contributed by atoms with E-state index in [1.165, 1.54) is 16.8 Å². The standard InChI is InChI=1S/C12H19ClN2O3S/c1-4-9(5-2)7-14-12(16)11-6-10(8-15(11)3)19(13,17)18/h6,8-9H,4-5,7H2,1-3H3,(H,14,16). The summed E-state index contributed by atoms with van der Waals surface area (Å²) < 4.78 is 23.9. The maximum absolute atomic E-state index is 12.0. The van der Waals surface area contributed by atoms with E-state index in [0.29, 0.717) is 12.5 Å². The van der Waals surface area contributed by atoms with Gasteiger partial charge in [0.1, 0.15) is 10.6 Å². The lowest BCUT2D eigenvalue weighted by Crippen LogP contribution is -2.30. The summed E-state index contributed by atoms with van der Waals surface area (Å²) in [7, 11) is 3.05. The van der Waals surface area contributed by atoms with Gasteiger partial charge in [0.2, 0.25) is 0 Å². The Kier molecular flexibility index (Phi) is 5.43. The Morgan fingerprint density at radius 2 is 2.00 bits per heavy atom. The highest BCUT2D eigenvalue weighted by Crippen LogP contribution is 2.17. The molecule has 0 spiro atoms. The summed E-state index contributed by atoms with van der Waals surface area (Å²) in [5.74, 6) is 0.140. The van der Waals surface area contributed by atoms with Gasteiger partial charge in [0.15, 0.2) is 0 Å². The van der Waals surface area contributed by atoms with Crippen molar-refractivity contribution in [1.29, 1.82) is 0 Å². The quantitative estimate of drug-likeness (QED) is 0.819. The third kappa shape index (κ3) is 4.24. The van der Waals surface area contributed by atoms with Crippen LogP contribution in [0, 0.1) is 5.92 Å². The van der Waals surface area contributed by atoms with Crippen LogP contribution in [0.15, 0.2) is 17.2 Å². The number of nitrogens with one attached hydrogen (secondary N) is 1. The number of halogens is 1. The molecule has 0 aromatic carbocycles. The largest absolute Gasteiger partial charge is 0.350 e. The molecule has 1 rings (SSSR count). The highest BCUT2D eigenvalue weighted by Gasteiger charge is 2.18. The Morgan fingerprint density at radius 3 is 2.42 bits per heavy atom. The van der Waals surface area contributed by atoms with Crippen molar-refractivity contribution in [2.45, 2.75) is 31.6 Å². The van der Waals surface area contributed by atoms with E-state index in [1.807, 2.05) is 0 Å². The first-order valence-corrected chi connectivity index (χ1v) is 8.49. The predicted molar refractivity (Wildman–Crippen MR) is 74.9 cm³/mol. The lowest BCUT2D eigenvalue weighted by atomic mass is 10.0. The molecule has 1 amide bonds. The molecule has 0 aliphatic heterocycles. The number of carbonyl (C=O) groups excluding carboxylic acids is 1. The second-order valence-corrected chi connectivity index (χ2v) is 7.07. The van der Waals surface area contributed by atoms with E-state index in [2.05, 4.69) is 19.2 Å². The van der Waals surface area contributed by atoms with Crippen LogP contribution < -0.4 is 5.32 Å². The number of hydrogen-bond acceptors (Lipinski definition) is 3. The van der Waals surface area contributed by atoms with Crippen molar-refractivity contribution in [2.75, 3.05) is 6.54 Å². The number of hydrogen-bond donors (Lipinski definition) is 1. The summed E-state index contributed by atoms with van der Waals surface area (Å²) in [4.78, 5) is 11.9. The molecule has 0 fully saturated rings. The normalized spacial score (nSPS) is 11.8. The van der Waals surface area contributed by atoms with Crippen LogP contribution in [-0.4, -0.2) is 25.4 Å². The maximum atomic E-state index is 12.0. The zero-order valence-corrected chi connectivity index (χ0v) is 12.9. The molecule has 7 heteroatoms. The van der Waals surface area contributed by atoms with Crippen LogP contribution in [0.1, 0.15) is 37.2 Å². The summed E-state index contributed by atoms with van der Waals surface area (Å²) in [6, 6.07) is 1.28. The fraction of sp³-hybridized carbons (Fsp3) is 0.583. The molecule has 0 aliphatic rings. The van der Waals surface area contributed by atoms with E-state index in [0.717, 1.165) is 12.8 Å². The summed E-state index contributed by atoms with van der Waals surface area (Å²) in [5.41, 5.74) is 0.283. The van der Waals surface area contributed by atoms with Crippen molar-refractivity contribution in [2.24, 2.45) is 13.0 Å². The molecule has 1 aromatic rings. The Balaban J connectivity index is 2.81. The van der Waals surface area contributed by atoms with E-state index in [-0.39, 0.29) is 16.5 Å². The molecule has 0 unspecified atom stereocenters. The Morgan fingerprint density at radius 1 is 1.42 bits per heavy atom. The van der Waals surface area contributed by atoms with Crippen LogP contribution in [-0.2, 0) is 16.1 Å². The molecule has 0 saturated carbocycles. The van der Waals surface area contributed by atoms with Crippen LogP contribution in [0.4, 0.5) is 0 Å². The van der Waals surface area contributed by atoms with Gasteiger partial charge in [-0.15, -0.1) is 0 Å². The molecule has 0 atom stereocenters. The van der Waals surface area contributed by atoms with Gasteiger partial charge in [0.05, 0.1) is 0 Å². The number of nitrogens with zero attached hydrogens (tertiary/aromatic N) is 1. The van der Waals surface area contributed by atoms with Gasteiger partial charge in [-0.25, -0.2) is 8.42 Å². The third-order valence-electron chi connectivity index (χ3n) is 3.20. The highest BCUT2D eigenvalue weighted by molar-refractivity contribution is 8.13. The number of aryl methyl sites for hydroxylation is 1.